The maximum Gasteiger partial charge on any atom is 0.125 e. The van der Waals surface area contributed by atoms with Crippen molar-refractivity contribution in [2.24, 2.45) is 0 Å². The molecule has 1 heterocycles. The summed E-state index contributed by atoms with van der Waals surface area (Å²) in [7, 11) is 0. The molecule has 0 aromatic carbocycles. The van der Waals surface area contributed by atoms with Gasteiger partial charge in [0.15, 0.2) is 0 Å². The van der Waals surface area contributed by atoms with Crippen molar-refractivity contribution < 1.29 is 9.78 Å². The molecule has 0 atom stereocenters. The molecular weight excluding hydrogens is 92.1 g/mol. The Morgan fingerprint density at radius 2 is 2.43 bits per heavy atom. The predicted octanol–water partition coefficient (Wildman–Crippen LogP) is 1.24. The average molecular weight is 100 g/mol. The summed E-state index contributed by atoms with van der Waals surface area (Å²) in [5, 5.41) is 0. The van der Waals surface area contributed by atoms with Gasteiger partial charge < -0.3 is 4.89 Å². The van der Waals surface area contributed by atoms with E-state index in [1.807, 2.05) is 6.08 Å². The van der Waals surface area contributed by atoms with Crippen molar-refractivity contribution in [1.29, 1.82) is 0 Å². The fourth-order valence-corrected chi connectivity index (χ4v) is 0.455. The van der Waals surface area contributed by atoms with E-state index in [2.05, 4.69) is 9.78 Å². The van der Waals surface area contributed by atoms with Gasteiger partial charge in [0.2, 0.25) is 0 Å². The van der Waals surface area contributed by atoms with Crippen molar-refractivity contribution >= 4 is 0 Å². The first-order chi connectivity index (χ1) is 3.50. The molecule has 7 heavy (non-hydrogen) atoms. The molecule has 1 aliphatic rings. The molecule has 0 radical (unpaired) electrons. The molecule has 0 aromatic rings. The summed E-state index contributed by atoms with van der Waals surface area (Å²) in [5.41, 5.74) is 0. The summed E-state index contributed by atoms with van der Waals surface area (Å²) in [5.74, 6) is 0. The van der Waals surface area contributed by atoms with Crippen molar-refractivity contribution in [3.63, 3.8) is 0 Å². The second kappa shape index (κ2) is 2.64. The highest BCUT2D eigenvalue weighted by molar-refractivity contribution is 4.72. The lowest BCUT2D eigenvalue weighted by atomic mass is 10.3. The highest BCUT2D eigenvalue weighted by Crippen LogP contribution is 1.97. The molecule has 0 saturated heterocycles. The standard InChI is InChI=1S/C5H8O2/c1-2-4-6-7-5-3-1/h2,4H,1,3,5H2. The summed E-state index contributed by atoms with van der Waals surface area (Å²) < 4.78 is 0. The molecule has 0 aromatic heterocycles. The van der Waals surface area contributed by atoms with E-state index in [0.29, 0.717) is 6.61 Å². The normalized spacial score (nSPS) is 20.6. The number of hydrogen-bond donors (Lipinski definition) is 0. The van der Waals surface area contributed by atoms with Crippen LogP contribution in [-0.4, -0.2) is 6.61 Å². The van der Waals surface area contributed by atoms with Crippen LogP contribution in [0.5, 0.6) is 0 Å². The van der Waals surface area contributed by atoms with Gasteiger partial charge in [0.25, 0.3) is 0 Å². The first-order valence-corrected chi connectivity index (χ1v) is 2.43. The van der Waals surface area contributed by atoms with Crippen LogP contribution in [0.4, 0.5) is 0 Å². The Morgan fingerprint density at radius 1 is 1.43 bits per heavy atom. The van der Waals surface area contributed by atoms with Crippen molar-refractivity contribution in [1.82, 2.24) is 0 Å². The SMILES string of the molecule is C1=COOCCC1. The number of rotatable bonds is 0. The van der Waals surface area contributed by atoms with E-state index in [-0.39, 0.29) is 0 Å². The van der Waals surface area contributed by atoms with Crippen molar-refractivity contribution in [2.45, 2.75) is 12.8 Å². The fourth-order valence-electron chi connectivity index (χ4n) is 0.455. The minimum absolute atomic E-state index is 0.715. The van der Waals surface area contributed by atoms with E-state index in [1.54, 1.807) is 6.26 Å². The Morgan fingerprint density at radius 3 is 3.43 bits per heavy atom. The van der Waals surface area contributed by atoms with Gasteiger partial charge in [-0.2, -0.15) is 4.89 Å². The zero-order chi connectivity index (χ0) is 4.95. The third-order valence-corrected chi connectivity index (χ3v) is 0.818. The highest BCUT2D eigenvalue weighted by atomic mass is 17.2. The maximum absolute atomic E-state index is 4.61. The smallest absolute Gasteiger partial charge is 0.125 e. The highest BCUT2D eigenvalue weighted by Gasteiger charge is 1.88. The largest absolute Gasteiger partial charge is 0.346 e. The van der Waals surface area contributed by atoms with Gasteiger partial charge >= 0.3 is 0 Å². The number of allylic oxidation sites excluding steroid dienone is 1. The van der Waals surface area contributed by atoms with Crippen LogP contribution >= 0.6 is 0 Å². The molecular formula is C5H8O2. The van der Waals surface area contributed by atoms with E-state index in [9.17, 15) is 0 Å². The minimum Gasteiger partial charge on any atom is -0.346 e. The van der Waals surface area contributed by atoms with Gasteiger partial charge in [-0.05, 0) is 18.9 Å². The topological polar surface area (TPSA) is 18.5 Å². The summed E-state index contributed by atoms with van der Waals surface area (Å²) in [4.78, 5) is 9.12. The van der Waals surface area contributed by atoms with Gasteiger partial charge in [0.05, 0.1) is 6.61 Å². The molecule has 40 valence electrons. The molecule has 0 fully saturated rings. The van der Waals surface area contributed by atoms with Crippen LogP contribution in [-0.2, 0) is 9.78 Å². The molecule has 0 amide bonds. The second-order valence-electron chi connectivity index (χ2n) is 1.43. The molecule has 0 aliphatic carbocycles. The van der Waals surface area contributed by atoms with Crippen LogP contribution in [0.25, 0.3) is 0 Å². The molecule has 0 N–H and O–H groups in total. The average Bonchev–Trinajstić information content (AvgIpc) is 1.90. The third kappa shape index (κ3) is 1.59. The Balaban J connectivity index is 2.20. The summed E-state index contributed by atoms with van der Waals surface area (Å²) in [6.07, 6.45) is 5.66. The van der Waals surface area contributed by atoms with Crippen molar-refractivity contribution in [2.75, 3.05) is 6.61 Å². The minimum atomic E-state index is 0.715. The maximum atomic E-state index is 4.61. The van der Waals surface area contributed by atoms with E-state index in [4.69, 9.17) is 0 Å². The van der Waals surface area contributed by atoms with Crippen LogP contribution in [0, 0.1) is 0 Å². The van der Waals surface area contributed by atoms with Gasteiger partial charge in [0.1, 0.15) is 6.26 Å². The lowest BCUT2D eigenvalue weighted by Gasteiger charge is -1.91. The first-order valence-electron chi connectivity index (χ1n) is 2.43. The molecule has 2 heteroatoms. The third-order valence-electron chi connectivity index (χ3n) is 0.818. The zero-order valence-electron chi connectivity index (χ0n) is 4.09. The predicted molar refractivity (Wildman–Crippen MR) is 25.4 cm³/mol. The summed E-state index contributed by atoms with van der Waals surface area (Å²) in [6, 6.07) is 0. The van der Waals surface area contributed by atoms with Crippen LogP contribution in [0.15, 0.2) is 12.3 Å². The Labute approximate surface area is 42.7 Å². The van der Waals surface area contributed by atoms with E-state index in [1.165, 1.54) is 0 Å². The first kappa shape index (κ1) is 4.65. The number of hydrogen-bond acceptors (Lipinski definition) is 2. The molecule has 0 unspecified atom stereocenters. The molecule has 1 rings (SSSR count). The Bertz CT molecular complexity index is 60.5. The Hall–Kier alpha value is -0.500. The van der Waals surface area contributed by atoms with Gasteiger partial charge in [-0.25, -0.2) is 0 Å². The lowest BCUT2D eigenvalue weighted by molar-refractivity contribution is -0.245. The van der Waals surface area contributed by atoms with Gasteiger partial charge in [0, 0.05) is 0 Å². The summed E-state index contributed by atoms with van der Waals surface area (Å²) in [6.45, 7) is 0.715. The van der Waals surface area contributed by atoms with Crippen LogP contribution in [0.1, 0.15) is 12.8 Å². The Kier molecular flexibility index (Phi) is 1.75. The van der Waals surface area contributed by atoms with Gasteiger partial charge in [-0.1, -0.05) is 0 Å². The fraction of sp³-hybridized carbons (Fsp3) is 0.600. The van der Waals surface area contributed by atoms with Gasteiger partial charge in [-0.15, -0.1) is 0 Å². The van der Waals surface area contributed by atoms with E-state index >= 15 is 0 Å². The van der Waals surface area contributed by atoms with Crippen molar-refractivity contribution in [3.8, 4) is 0 Å². The van der Waals surface area contributed by atoms with Crippen LogP contribution in [0.3, 0.4) is 0 Å². The molecule has 2 nitrogen and oxygen atoms in total. The van der Waals surface area contributed by atoms with Crippen LogP contribution in [0.2, 0.25) is 0 Å². The second-order valence-corrected chi connectivity index (χ2v) is 1.43. The molecule has 0 spiro atoms. The monoisotopic (exact) mass is 100 g/mol. The van der Waals surface area contributed by atoms with E-state index in [0.717, 1.165) is 12.8 Å². The molecule has 0 bridgehead atoms. The summed E-state index contributed by atoms with van der Waals surface area (Å²) >= 11 is 0. The molecule has 0 saturated carbocycles. The van der Waals surface area contributed by atoms with Crippen LogP contribution < -0.4 is 0 Å². The molecule has 1 aliphatic heterocycles. The zero-order valence-corrected chi connectivity index (χ0v) is 4.09. The van der Waals surface area contributed by atoms with Crippen molar-refractivity contribution in [3.05, 3.63) is 12.3 Å². The van der Waals surface area contributed by atoms with E-state index < -0.39 is 0 Å². The lowest BCUT2D eigenvalue weighted by Crippen LogP contribution is -1.86. The van der Waals surface area contributed by atoms with Gasteiger partial charge in [-0.3, -0.25) is 0 Å². The quantitative estimate of drug-likeness (QED) is 0.426.